The fraction of sp³-hybridized carbons (Fsp3) is 0.865. The average Bonchev–Trinajstić information content (AvgIpc) is 3.45. The number of hydrogen-bond acceptors (Lipinski definition) is 6. The fourth-order valence-corrected chi connectivity index (χ4v) is 11.9. The molecule has 0 aromatic heterocycles. The van der Waals surface area contributed by atoms with Crippen molar-refractivity contribution in [2.75, 3.05) is 13.2 Å². The van der Waals surface area contributed by atoms with Crippen LogP contribution in [-0.4, -0.2) is 43.1 Å². The van der Waals surface area contributed by atoms with Crippen molar-refractivity contribution in [2.24, 2.45) is 50.2 Å². The van der Waals surface area contributed by atoms with Gasteiger partial charge in [0.25, 0.3) is 0 Å². The Hall–Kier alpha value is -1.69. The van der Waals surface area contributed by atoms with Gasteiger partial charge >= 0.3 is 11.9 Å². The van der Waals surface area contributed by atoms with E-state index in [2.05, 4.69) is 54.5 Å². The van der Waals surface area contributed by atoms with E-state index in [4.69, 9.17) is 14.2 Å². The van der Waals surface area contributed by atoms with Gasteiger partial charge in [-0.2, -0.15) is 0 Å². The molecule has 6 nitrogen and oxygen atoms in total. The predicted octanol–water partition coefficient (Wildman–Crippen LogP) is 7.62. The maximum Gasteiger partial charge on any atom is 0.311 e. The molecule has 0 bridgehead atoms. The molecule has 6 heteroatoms. The van der Waals surface area contributed by atoms with Crippen molar-refractivity contribution in [2.45, 2.75) is 138 Å². The highest BCUT2D eigenvalue weighted by Gasteiger charge is 2.70. The van der Waals surface area contributed by atoms with Crippen molar-refractivity contribution in [3.63, 3.8) is 0 Å². The van der Waals surface area contributed by atoms with Crippen LogP contribution in [0.5, 0.6) is 0 Å². The second kappa shape index (κ2) is 10.2. The third-order valence-corrected chi connectivity index (χ3v) is 14.7. The van der Waals surface area contributed by atoms with Gasteiger partial charge in [-0.15, -0.1) is 0 Å². The van der Waals surface area contributed by atoms with Crippen LogP contribution in [-0.2, 0) is 28.6 Å². The highest BCUT2D eigenvalue weighted by atomic mass is 16.6. The Bertz CT molecular complexity index is 1210. The molecule has 4 saturated carbocycles. The van der Waals surface area contributed by atoms with Crippen LogP contribution in [0.4, 0.5) is 0 Å². The van der Waals surface area contributed by atoms with Gasteiger partial charge in [0.05, 0.1) is 11.5 Å². The van der Waals surface area contributed by atoms with Crippen LogP contribution in [0.1, 0.15) is 126 Å². The van der Waals surface area contributed by atoms with Crippen molar-refractivity contribution < 1.29 is 28.6 Å². The highest BCUT2D eigenvalue weighted by molar-refractivity contribution is 5.95. The van der Waals surface area contributed by atoms with Gasteiger partial charge < -0.3 is 14.2 Å². The van der Waals surface area contributed by atoms with Crippen molar-refractivity contribution in [3.8, 4) is 0 Å². The molecule has 0 amide bonds. The first-order valence-corrected chi connectivity index (χ1v) is 17.2. The van der Waals surface area contributed by atoms with Gasteiger partial charge in [0.2, 0.25) is 0 Å². The number of hydrogen-bond donors (Lipinski definition) is 0. The number of esters is 2. The van der Waals surface area contributed by atoms with Crippen molar-refractivity contribution in [1.29, 1.82) is 0 Å². The molecule has 0 spiro atoms. The topological polar surface area (TPSA) is 78.9 Å². The standard InChI is InChI=1S/C37H56O6/c1-23(38)43-29-12-13-35(6)28(32(29,2)3)11-14-37(8)30(35)27(39)20-25-26-21-34(5,31(40)42-22-24-10-9-19-41-24)16-15-33(26,4)17-18-36(25,37)7/h20,24,26,28-30H,9-19,21-22H2,1-8H3/t24-,26+,28+,29+,30+,33+,34-,35-,36-,37+/m0/s1. The van der Waals surface area contributed by atoms with Crippen molar-refractivity contribution in [1.82, 2.24) is 0 Å². The molecule has 6 rings (SSSR count). The van der Waals surface area contributed by atoms with E-state index >= 15 is 0 Å². The fourth-order valence-electron chi connectivity index (χ4n) is 11.9. The van der Waals surface area contributed by atoms with E-state index in [1.807, 2.05) is 0 Å². The van der Waals surface area contributed by atoms with Gasteiger partial charge in [-0.05, 0) is 117 Å². The van der Waals surface area contributed by atoms with Crippen LogP contribution in [0.15, 0.2) is 11.6 Å². The number of ketones is 1. The Morgan fingerprint density at radius 2 is 1.65 bits per heavy atom. The van der Waals surface area contributed by atoms with Crippen LogP contribution in [0.3, 0.4) is 0 Å². The second-order valence-electron chi connectivity index (χ2n) is 17.4. The number of carbonyl (C=O) groups is 3. The molecule has 5 fully saturated rings. The summed E-state index contributed by atoms with van der Waals surface area (Å²) in [5, 5.41) is 0. The lowest BCUT2D eigenvalue weighted by Gasteiger charge is -2.70. The maximum atomic E-state index is 14.6. The smallest absolute Gasteiger partial charge is 0.311 e. The van der Waals surface area contributed by atoms with Crippen LogP contribution < -0.4 is 0 Å². The molecular formula is C37H56O6. The van der Waals surface area contributed by atoms with Gasteiger partial charge in [0.15, 0.2) is 5.78 Å². The van der Waals surface area contributed by atoms with E-state index in [0.29, 0.717) is 18.3 Å². The van der Waals surface area contributed by atoms with Crippen LogP contribution >= 0.6 is 0 Å². The zero-order valence-corrected chi connectivity index (χ0v) is 28.1. The lowest BCUT2D eigenvalue weighted by atomic mass is 9.33. The van der Waals surface area contributed by atoms with E-state index in [1.165, 1.54) is 12.5 Å². The van der Waals surface area contributed by atoms with Gasteiger partial charge in [-0.25, -0.2) is 0 Å². The second-order valence-corrected chi connectivity index (χ2v) is 17.4. The normalized spacial score (nSPS) is 48.6. The molecule has 1 aliphatic heterocycles. The minimum atomic E-state index is -0.550. The molecular weight excluding hydrogens is 540 g/mol. The van der Waals surface area contributed by atoms with E-state index in [-0.39, 0.29) is 63.1 Å². The van der Waals surface area contributed by atoms with Gasteiger partial charge in [0.1, 0.15) is 12.7 Å². The minimum Gasteiger partial charge on any atom is -0.463 e. The van der Waals surface area contributed by atoms with Crippen LogP contribution in [0.25, 0.3) is 0 Å². The van der Waals surface area contributed by atoms with Gasteiger partial charge in [0, 0.05) is 24.9 Å². The first-order chi connectivity index (χ1) is 20.0. The van der Waals surface area contributed by atoms with Crippen molar-refractivity contribution >= 4 is 17.7 Å². The molecule has 1 saturated heterocycles. The molecule has 240 valence electrons. The number of rotatable bonds is 4. The molecule has 1 heterocycles. The third kappa shape index (κ3) is 4.53. The summed E-state index contributed by atoms with van der Waals surface area (Å²) >= 11 is 0. The van der Waals surface area contributed by atoms with E-state index in [9.17, 15) is 14.4 Å². The van der Waals surface area contributed by atoms with E-state index < -0.39 is 5.41 Å². The summed E-state index contributed by atoms with van der Waals surface area (Å²) in [5.74, 6) is 0.440. The summed E-state index contributed by atoms with van der Waals surface area (Å²) in [6.07, 6.45) is 12.5. The zero-order valence-electron chi connectivity index (χ0n) is 28.1. The molecule has 10 atom stereocenters. The van der Waals surface area contributed by atoms with Crippen molar-refractivity contribution in [3.05, 3.63) is 11.6 Å². The molecule has 43 heavy (non-hydrogen) atoms. The average molecular weight is 597 g/mol. The molecule has 0 radical (unpaired) electrons. The highest BCUT2D eigenvalue weighted by Crippen LogP contribution is 2.75. The number of fused-ring (bicyclic) bond motifs is 7. The summed E-state index contributed by atoms with van der Waals surface area (Å²) in [7, 11) is 0. The minimum absolute atomic E-state index is 0.0282. The Morgan fingerprint density at radius 3 is 2.33 bits per heavy atom. The Balaban J connectivity index is 1.32. The maximum absolute atomic E-state index is 14.6. The Labute approximate surface area is 259 Å². The SMILES string of the molecule is CC(=O)O[C@@H]1CC[C@@]2(C)[C@H](CC[C@]3(C)[C@@H]2C(=O)C=C2[C@H]4C[C@@](C)(C(=O)OC[C@@H]5CCCO5)CC[C@]4(C)CC[C@@]23C)C1(C)C. The third-order valence-electron chi connectivity index (χ3n) is 14.7. The summed E-state index contributed by atoms with van der Waals surface area (Å²) in [4.78, 5) is 40.2. The zero-order chi connectivity index (χ0) is 31.2. The number of allylic oxidation sites excluding steroid dienone is 2. The Morgan fingerprint density at radius 1 is 0.930 bits per heavy atom. The summed E-state index contributed by atoms with van der Waals surface area (Å²) in [6.45, 7) is 18.9. The number of carbonyl (C=O) groups excluding carboxylic acids is 3. The predicted molar refractivity (Wildman–Crippen MR) is 165 cm³/mol. The molecule has 0 aromatic carbocycles. The molecule has 0 N–H and O–H groups in total. The largest absolute Gasteiger partial charge is 0.463 e. The lowest BCUT2D eigenvalue weighted by Crippen LogP contribution is -2.66. The van der Waals surface area contributed by atoms with Gasteiger partial charge in [-0.1, -0.05) is 47.1 Å². The van der Waals surface area contributed by atoms with Crippen LogP contribution in [0.2, 0.25) is 0 Å². The van der Waals surface area contributed by atoms with Crippen LogP contribution in [0, 0.1) is 50.2 Å². The first-order valence-electron chi connectivity index (χ1n) is 17.2. The quantitative estimate of drug-likeness (QED) is 0.311. The van der Waals surface area contributed by atoms with E-state index in [0.717, 1.165) is 77.2 Å². The molecule has 0 aromatic rings. The summed E-state index contributed by atoms with van der Waals surface area (Å²) in [5.41, 5.74) is 0.270. The summed E-state index contributed by atoms with van der Waals surface area (Å²) in [6, 6.07) is 0. The lowest BCUT2D eigenvalue weighted by molar-refractivity contribution is -0.210. The molecule has 6 aliphatic rings. The van der Waals surface area contributed by atoms with Gasteiger partial charge in [-0.3, -0.25) is 14.4 Å². The molecule has 5 aliphatic carbocycles. The first kappa shape index (κ1) is 31.3. The van der Waals surface area contributed by atoms with E-state index in [1.54, 1.807) is 0 Å². The summed E-state index contributed by atoms with van der Waals surface area (Å²) < 4.78 is 17.5. The number of ether oxygens (including phenoxy) is 3. The Kier molecular flexibility index (Phi) is 7.39. The monoisotopic (exact) mass is 596 g/mol. The molecule has 0 unspecified atom stereocenters.